The first-order valence-corrected chi connectivity index (χ1v) is 6.91. The van der Waals surface area contributed by atoms with Crippen LogP contribution in [0.1, 0.15) is 19.4 Å². The number of carbonyl (C=O) groups is 1. The molecule has 0 heterocycles. The molecule has 0 amide bonds. The van der Waals surface area contributed by atoms with E-state index in [2.05, 4.69) is 4.72 Å². The van der Waals surface area contributed by atoms with Gasteiger partial charge >= 0.3 is 5.97 Å². The van der Waals surface area contributed by atoms with E-state index >= 15 is 0 Å². The van der Waals surface area contributed by atoms with Crippen molar-refractivity contribution in [3.05, 3.63) is 29.8 Å². The van der Waals surface area contributed by atoms with E-state index < -0.39 is 21.4 Å². The highest BCUT2D eigenvalue weighted by molar-refractivity contribution is 7.89. The van der Waals surface area contributed by atoms with Crippen LogP contribution in [0.5, 0.6) is 0 Å². The van der Waals surface area contributed by atoms with Gasteiger partial charge in [-0.05, 0) is 26.0 Å². The lowest BCUT2D eigenvalue weighted by molar-refractivity contribution is -0.146. The van der Waals surface area contributed by atoms with Crippen LogP contribution in [-0.4, -0.2) is 26.0 Å². The first-order chi connectivity index (χ1) is 8.70. The number of hydrogen-bond acceptors (Lipinski definition) is 4. The lowest BCUT2D eigenvalue weighted by Crippen LogP contribution is -2.39. The average molecular weight is 282 g/mol. The molecule has 0 aliphatic carbocycles. The third kappa shape index (κ3) is 3.53. The topological polar surface area (TPSA) is 107 Å². The summed E-state index contributed by atoms with van der Waals surface area (Å²) in [5, 5.41) is 17.8. The van der Waals surface area contributed by atoms with Gasteiger partial charge in [-0.15, -0.1) is 0 Å². The summed E-state index contributed by atoms with van der Waals surface area (Å²) in [5.41, 5.74) is -1.21. The van der Waals surface area contributed by atoms with Crippen LogP contribution in [0.4, 0.5) is 0 Å². The van der Waals surface area contributed by atoms with Crippen LogP contribution in [0.25, 0.3) is 0 Å². The lowest BCUT2D eigenvalue weighted by atomic mass is 9.95. The Morgan fingerprint density at radius 3 is 2.53 bits per heavy atom. The summed E-state index contributed by atoms with van der Waals surface area (Å²) < 4.78 is 26.3. The van der Waals surface area contributed by atoms with Crippen molar-refractivity contribution in [2.75, 3.05) is 6.54 Å². The number of benzene rings is 1. The van der Waals surface area contributed by atoms with Gasteiger partial charge in [0, 0.05) is 6.54 Å². The summed E-state index contributed by atoms with van der Waals surface area (Å²) in [6.45, 7) is 2.56. The predicted octanol–water partition coefficient (Wildman–Crippen LogP) is 0.947. The largest absolute Gasteiger partial charge is 0.481 e. The number of carboxylic acid groups (broad SMARTS) is 1. The molecule has 0 saturated heterocycles. The monoisotopic (exact) mass is 282 g/mol. The molecule has 0 atom stereocenters. The molecule has 0 fully saturated rings. The van der Waals surface area contributed by atoms with Crippen LogP contribution in [-0.2, 0) is 14.8 Å². The maximum Gasteiger partial charge on any atom is 0.310 e. The van der Waals surface area contributed by atoms with Crippen LogP contribution in [0.15, 0.2) is 29.2 Å². The van der Waals surface area contributed by atoms with Crippen LogP contribution >= 0.6 is 0 Å². The van der Waals surface area contributed by atoms with Crippen molar-refractivity contribution in [2.45, 2.75) is 18.7 Å². The number of carboxylic acids is 1. The Balaban J connectivity index is 3.01. The van der Waals surface area contributed by atoms with Crippen molar-refractivity contribution in [1.82, 2.24) is 4.72 Å². The van der Waals surface area contributed by atoms with E-state index in [9.17, 15) is 13.2 Å². The number of nitrogens with zero attached hydrogens (tertiary/aromatic N) is 1. The Bertz CT molecular complexity index is 629. The van der Waals surface area contributed by atoms with Crippen LogP contribution < -0.4 is 4.72 Å². The Hall–Kier alpha value is -1.91. The molecule has 0 bridgehead atoms. The molecule has 0 radical (unpaired) electrons. The summed E-state index contributed by atoms with van der Waals surface area (Å²) in [7, 11) is -3.91. The fourth-order valence-electron chi connectivity index (χ4n) is 1.22. The van der Waals surface area contributed by atoms with Crippen molar-refractivity contribution < 1.29 is 18.3 Å². The zero-order chi connectivity index (χ0) is 14.7. The highest BCUT2D eigenvalue weighted by Gasteiger charge is 2.29. The third-order valence-electron chi connectivity index (χ3n) is 2.58. The molecule has 1 rings (SSSR count). The van der Waals surface area contributed by atoms with Gasteiger partial charge in [0.2, 0.25) is 10.0 Å². The van der Waals surface area contributed by atoms with E-state index in [4.69, 9.17) is 10.4 Å². The normalized spacial score (nSPS) is 11.8. The molecule has 0 aliphatic rings. The van der Waals surface area contributed by atoms with E-state index in [-0.39, 0.29) is 17.0 Å². The smallest absolute Gasteiger partial charge is 0.310 e. The van der Waals surface area contributed by atoms with E-state index in [0.29, 0.717) is 0 Å². The maximum atomic E-state index is 12.0. The summed E-state index contributed by atoms with van der Waals surface area (Å²) in [6, 6.07) is 7.52. The van der Waals surface area contributed by atoms with Gasteiger partial charge in [0.1, 0.15) is 6.07 Å². The van der Waals surface area contributed by atoms with Crippen LogP contribution in [0, 0.1) is 16.7 Å². The second-order valence-electron chi connectivity index (χ2n) is 4.62. The van der Waals surface area contributed by atoms with Gasteiger partial charge in [0.05, 0.1) is 15.9 Å². The molecule has 7 heteroatoms. The van der Waals surface area contributed by atoms with E-state index in [1.54, 1.807) is 12.1 Å². The fourth-order valence-corrected chi connectivity index (χ4v) is 2.59. The summed E-state index contributed by atoms with van der Waals surface area (Å²) in [6.07, 6.45) is 0. The molecule has 102 valence electrons. The minimum Gasteiger partial charge on any atom is -0.481 e. The van der Waals surface area contributed by atoms with Gasteiger partial charge in [-0.2, -0.15) is 5.26 Å². The highest BCUT2D eigenvalue weighted by Crippen LogP contribution is 2.17. The average Bonchev–Trinajstić information content (AvgIpc) is 2.36. The molecule has 0 spiro atoms. The number of sulfonamides is 1. The molecule has 0 saturated carbocycles. The molecule has 19 heavy (non-hydrogen) atoms. The Labute approximate surface area is 111 Å². The minimum absolute atomic E-state index is 0.0168. The molecule has 0 aromatic heterocycles. The molecule has 2 N–H and O–H groups in total. The van der Waals surface area contributed by atoms with Crippen molar-refractivity contribution in [3.63, 3.8) is 0 Å². The molecule has 0 unspecified atom stereocenters. The second-order valence-corrected chi connectivity index (χ2v) is 6.36. The molecule has 6 nitrogen and oxygen atoms in total. The molecule has 1 aromatic rings. The quantitative estimate of drug-likeness (QED) is 0.836. The number of nitrogens with one attached hydrogen (secondary N) is 1. The summed E-state index contributed by atoms with van der Waals surface area (Å²) >= 11 is 0. The predicted molar refractivity (Wildman–Crippen MR) is 67.8 cm³/mol. The van der Waals surface area contributed by atoms with Gasteiger partial charge in [-0.3, -0.25) is 4.79 Å². The fraction of sp³-hybridized carbons (Fsp3) is 0.333. The lowest BCUT2D eigenvalue weighted by Gasteiger charge is -2.19. The zero-order valence-corrected chi connectivity index (χ0v) is 11.4. The zero-order valence-electron chi connectivity index (χ0n) is 10.5. The first kappa shape index (κ1) is 15.1. The van der Waals surface area contributed by atoms with E-state index in [0.717, 1.165) is 0 Å². The maximum absolute atomic E-state index is 12.0. The third-order valence-corrected chi connectivity index (χ3v) is 4.04. The molecule has 0 aliphatic heterocycles. The summed E-state index contributed by atoms with van der Waals surface area (Å²) in [4.78, 5) is 10.8. The van der Waals surface area contributed by atoms with Crippen molar-refractivity contribution in [2.24, 2.45) is 5.41 Å². The van der Waals surface area contributed by atoms with E-state index in [1.807, 2.05) is 0 Å². The first-order valence-electron chi connectivity index (χ1n) is 5.43. The van der Waals surface area contributed by atoms with Gasteiger partial charge in [0.25, 0.3) is 0 Å². The Morgan fingerprint density at radius 2 is 2.00 bits per heavy atom. The Morgan fingerprint density at radius 1 is 1.42 bits per heavy atom. The van der Waals surface area contributed by atoms with Crippen molar-refractivity contribution in [3.8, 4) is 6.07 Å². The van der Waals surface area contributed by atoms with Crippen LogP contribution in [0.3, 0.4) is 0 Å². The SMILES string of the molecule is CC(C)(CNS(=O)(=O)c1ccccc1C#N)C(=O)O. The Kier molecular flexibility index (Phi) is 4.29. The van der Waals surface area contributed by atoms with Crippen LogP contribution in [0.2, 0.25) is 0 Å². The van der Waals surface area contributed by atoms with Gasteiger partial charge in [-0.25, -0.2) is 13.1 Å². The number of nitriles is 1. The van der Waals surface area contributed by atoms with Gasteiger partial charge in [0.15, 0.2) is 0 Å². The standard InChI is InChI=1S/C12H14N2O4S/c1-12(2,11(15)16)8-14-19(17,18)10-6-4-3-5-9(10)7-13/h3-6,14H,8H2,1-2H3,(H,15,16). The number of rotatable bonds is 5. The van der Waals surface area contributed by atoms with Crippen molar-refractivity contribution in [1.29, 1.82) is 5.26 Å². The van der Waals surface area contributed by atoms with Gasteiger partial charge < -0.3 is 5.11 Å². The highest BCUT2D eigenvalue weighted by atomic mass is 32.2. The molecule has 1 aromatic carbocycles. The molecular formula is C12H14N2O4S. The van der Waals surface area contributed by atoms with Gasteiger partial charge in [-0.1, -0.05) is 12.1 Å². The minimum atomic E-state index is -3.91. The molecular weight excluding hydrogens is 268 g/mol. The van der Waals surface area contributed by atoms with Crippen molar-refractivity contribution >= 4 is 16.0 Å². The summed E-state index contributed by atoms with van der Waals surface area (Å²) in [5.74, 6) is -1.11. The van der Waals surface area contributed by atoms with E-state index in [1.165, 1.54) is 32.0 Å². The number of aliphatic carboxylic acids is 1. The number of hydrogen-bond donors (Lipinski definition) is 2. The second kappa shape index (κ2) is 5.38.